The minimum Gasteiger partial charge on any atom is -0.486 e. The topological polar surface area (TPSA) is 73.6 Å². The molecular weight excluding hydrogens is 418 g/mol. The Hall–Kier alpha value is -3.42. The SMILES string of the molecule is CC(C)[C@H](NC(=O)CCc1ncc(-c2c(F)cccc2F)o1)c1ccc2c(c1)OCCO2. The van der Waals surface area contributed by atoms with Crippen molar-refractivity contribution in [1.82, 2.24) is 10.3 Å². The first-order valence-electron chi connectivity index (χ1n) is 10.5. The third kappa shape index (κ3) is 4.74. The van der Waals surface area contributed by atoms with Gasteiger partial charge in [0.05, 0.1) is 17.8 Å². The summed E-state index contributed by atoms with van der Waals surface area (Å²) in [7, 11) is 0. The maximum absolute atomic E-state index is 13.9. The summed E-state index contributed by atoms with van der Waals surface area (Å²) in [6.07, 6.45) is 1.59. The lowest BCUT2D eigenvalue weighted by Crippen LogP contribution is -2.32. The first-order chi connectivity index (χ1) is 15.4. The molecule has 6 nitrogen and oxygen atoms in total. The molecule has 2 heterocycles. The lowest BCUT2D eigenvalue weighted by atomic mass is 9.95. The molecule has 1 aliphatic rings. The molecule has 1 amide bonds. The lowest BCUT2D eigenvalue weighted by molar-refractivity contribution is -0.122. The molecule has 0 saturated carbocycles. The van der Waals surface area contributed by atoms with Gasteiger partial charge in [-0.05, 0) is 35.7 Å². The predicted molar refractivity (Wildman–Crippen MR) is 113 cm³/mol. The van der Waals surface area contributed by atoms with E-state index in [1.54, 1.807) is 0 Å². The summed E-state index contributed by atoms with van der Waals surface area (Å²) in [6, 6.07) is 9.02. The van der Waals surface area contributed by atoms with Crippen molar-refractivity contribution < 1.29 is 27.5 Å². The van der Waals surface area contributed by atoms with E-state index in [4.69, 9.17) is 13.9 Å². The summed E-state index contributed by atoms with van der Waals surface area (Å²) in [5.41, 5.74) is 0.653. The molecule has 32 heavy (non-hydrogen) atoms. The van der Waals surface area contributed by atoms with Crippen molar-refractivity contribution in [1.29, 1.82) is 0 Å². The molecule has 8 heteroatoms. The van der Waals surface area contributed by atoms with Crippen molar-refractivity contribution in [2.75, 3.05) is 13.2 Å². The van der Waals surface area contributed by atoms with Crippen LogP contribution in [0.1, 0.15) is 37.8 Å². The number of nitrogens with one attached hydrogen (secondary N) is 1. The smallest absolute Gasteiger partial charge is 0.221 e. The fourth-order valence-corrected chi connectivity index (χ4v) is 3.63. The van der Waals surface area contributed by atoms with Gasteiger partial charge < -0.3 is 19.2 Å². The van der Waals surface area contributed by atoms with Gasteiger partial charge in [-0.1, -0.05) is 26.0 Å². The number of nitrogens with zero attached hydrogens (tertiary/aromatic N) is 1. The maximum atomic E-state index is 13.9. The highest BCUT2D eigenvalue weighted by molar-refractivity contribution is 5.76. The molecule has 1 N–H and O–H groups in total. The van der Waals surface area contributed by atoms with Crippen molar-refractivity contribution >= 4 is 5.91 Å². The summed E-state index contributed by atoms with van der Waals surface area (Å²) < 4.78 is 44.6. The van der Waals surface area contributed by atoms with Crippen molar-refractivity contribution in [3.05, 3.63) is 65.7 Å². The predicted octanol–water partition coefficient (Wildman–Crippen LogP) is 4.84. The Balaban J connectivity index is 1.40. The van der Waals surface area contributed by atoms with Gasteiger partial charge in [-0.15, -0.1) is 0 Å². The van der Waals surface area contributed by atoms with Gasteiger partial charge in [0.15, 0.2) is 23.1 Å². The van der Waals surface area contributed by atoms with E-state index in [1.807, 2.05) is 32.0 Å². The van der Waals surface area contributed by atoms with Crippen LogP contribution in [-0.2, 0) is 11.2 Å². The maximum Gasteiger partial charge on any atom is 0.221 e. The van der Waals surface area contributed by atoms with E-state index in [2.05, 4.69) is 10.3 Å². The Kier molecular flexibility index (Phi) is 6.39. The van der Waals surface area contributed by atoms with Crippen LogP contribution in [-0.4, -0.2) is 24.1 Å². The Labute approximate surface area is 184 Å². The fraction of sp³-hybridized carbons (Fsp3) is 0.333. The third-order valence-corrected chi connectivity index (χ3v) is 5.24. The van der Waals surface area contributed by atoms with E-state index < -0.39 is 11.6 Å². The van der Waals surface area contributed by atoms with Crippen molar-refractivity contribution in [3.63, 3.8) is 0 Å². The zero-order valence-electron chi connectivity index (χ0n) is 17.9. The van der Waals surface area contributed by atoms with E-state index in [0.29, 0.717) is 24.7 Å². The molecule has 0 fully saturated rings. The number of fused-ring (bicyclic) bond motifs is 1. The number of hydrogen-bond acceptors (Lipinski definition) is 5. The average Bonchev–Trinajstić information content (AvgIpc) is 3.24. The second-order valence-electron chi connectivity index (χ2n) is 7.91. The first-order valence-corrected chi connectivity index (χ1v) is 10.5. The van der Waals surface area contributed by atoms with Crippen LogP contribution < -0.4 is 14.8 Å². The van der Waals surface area contributed by atoms with E-state index in [9.17, 15) is 13.6 Å². The van der Waals surface area contributed by atoms with Gasteiger partial charge in [0.25, 0.3) is 0 Å². The summed E-state index contributed by atoms with van der Waals surface area (Å²) >= 11 is 0. The van der Waals surface area contributed by atoms with Crippen molar-refractivity contribution in [2.24, 2.45) is 5.92 Å². The number of ether oxygens (including phenoxy) is 2. The Bertz CT molecular complexity index is 1090. The molecule has 0 spiro atoms. The molecule has 0 saturated heterocycles. The van der Waals surface area contributed by atoms with Crippen molar-refractivity contribution in [2.45, 2.75) is 32.7 Å². The molecule has 2 aromatic carbocycles. The molecule has 0 radical (unpaired) electrons. The van der Waals surface area contributed by atoms with E-state index >= 15 is 0 Å². The van der Waals surface area contributed by atoms with Gasteiger partial charge in [0.2, 0.25) is 5.91 Å². The quantitative estimate of drug-likeness (QED) is 0.567. The number of oxazole rings is 1. The number of aromatic nitrogens is 1. The molecule has 168 valence electrons. The molecule has 1 atom stereocenters. The summed E-state index contributed by atoms with van der Waals surface area (Å²) in [5.74, 6) is 0.0790. The number of amides is 1. The van der Waals surface area contributed by atoms with Gasteiger partial charge in [-0.2, -0.15) is 0 Å². The fourth-order valence-electron chi connectivity index (χ4n) is 3.63. The highest BCUT2D eigenvalue weighted by Gasteiger charge is 2.22. The van der Waals surface area contributed by atoms with Gasteiger partial charge in [-0.25, -0.2) is 13.8 Å². The zero-order valence-corrected chi connectivity index (χ0v) is 17.9. The first kappa shape index (κ1) is 21.8. The molecule has 3 aromatic rings. The van der Waals surface area contributed by atoms with Gasteiger partial charge in [-0.3, -0.25) is 4.79 Å². The molecule has 1 aromatic heterocycles. The molecule has 0 unspecified atom stereocenters. The highest BCUT2D eigenvalue weighted by Crippen LogP contribution is 2.34. The van der Waals surface area contributed by atoms with Gasteiger partial charge in [0, 0.05) is 12.8 Å². The van der Waals surface area contributed by atoms with E-state index in [-0.39, 0.29) is 47.9 Å². The van der Waals surface area contributed by atoms with Crippen LogP contribution in [0.5, 0.6) is 11.5 Å². The van der Waals surface area contributed by atoms with Crippen molar-refractivity contribution in [3.8, 4) is 22.8 Å². The number of benzene rings is 2. The Morgan fingerprint density at radius 1 is 1.09 bits per heavy atom. The Morgan fingerprint density at radius 3 is 2.53 bits per heavy atom. The van der Waals surface area contributed by atoms with Gasteiger partial charge in [0.1, 0.15) is 24.8 Å². The lowest BCUT2D eigenvalue weighted by Gasteiger charge is -2.25. The number of hydrogen-bond donors (Lipinski definition) is 1. The monoisotopic (exact) mass is 442 g/mol. The van der Waals surface area contributed by atoms with E-state index in [1.165, 1.54) is 12.3 Å². The normalized spacial score (nSPS) is 13.8. The largest absolute Gasteiger partial charge is 0.486 e. The summed E-state index contributed by atoms with van der Waals surface area (Å²) in [5, 5.41) is 3.04. The molecular formula is C24H24F2N2O4. The van der Waals surface area contributed by atoms with Crippen LogP contribution in [0.15, 0.2) is 47.0 Å². The minimum atomic E-state index is -0.732. The third-order valence-electron chi connectivity index (χ3n) is 5.24. The van der Waals surface area contributed by atoms with Gasteiger partial charge >= 0.3 is 0 Å². The molecule has 0 aliphatic carbocycles. The van der Waals surface area contributed by atoms with Crippen LogP contribution in [0.3, 0.4) is 0 Å². The van der Waals surface area contributed by atoms with Crippen LogP contribution >= 0.6 is 0 Å². The second kappa shape index (κ2) is 9.38. The number of aryl methyl sites for hydroxylation is 1. The highest BCUT2D eigenvalue weighted by atomic mass is 19.1. The standard InChI is InChI=1S/C24H24F2N2O4/c1-14(2)24(15-6-7-18-19(12-15)31-11-10-30-18)28-21(29)8-9-22-27-13-20(32-22)23-16(25)4-3-5-17(23)26/h3-7,12-14,24H,8-11H2,1-2H3,(H,28,29)/t24-/m0/s1. The van der Waals surface area contributed by atoms with Crippen LogP contribution in [0.4, 0.5) is 8.78 Å². The zero-order chi connectivity index (χ0) is 22.7. The molecule has 0 bridgehead atoms. The van der Waals surface area contributed by atoms with Crippen LogP contribution in [0.25, 0.3) is 11.3 Å². The summed E-state index contributed by atoms with van der Waals surface area (Å²) in [4.78, 5) is 16.7. The molecule has 1 aliphatic heterocycles. The molecule has 4 rings (SSSR count). The number of halogens is 2. The second-order valence-corrected chi connectivity index (χ2v) is 7.91. The number of carbonyl (C=O) groups is 1. The number of carbonyl (C=O) groups excluding carboxylic acids is 1. The minimum absolute atomic E-state index is 0.00709. The number of rotatable bonds is 7. The summed E-state index contributed by atoms with van der Waals surface area (Å²) in [6.45, 7) is 5.04. The average molecular weight is 442 g/mol. The van der Waals surface area contributed by atoms with Crippen LogP contribution in [0, 0.1) is 17.6 Å². The van der Waals surface area contributed by atoms with E-state index in [0.717, 1.165) is 17.7 Å². The Morgan fingerprint density at radius 2 is 1.81 bits per heavy atom. The van der Waals surface area contributed by atoms with Crippen LogP contribution in [0.2, 0.25) is 0 Å².